The van der Waals surface area contributed by atoms with Gasteiger partial charge in [0.05, 0.1) is 11.0 Å². The first-order chi connectivity index (χ1) is 9.56. The lowest BCUT2D eigenvalue weighted by atomic mass is 9.84. The van der Waals surface area contributed by atoms with Gasteiger partial charge in [-0.25, -0.2) is 4.98 Å². The first-order valence-electron chi connectivity index (χ1n) is 7.48. The molecule has 20 heavy (non-hydrogen) atoms. The van der Waals surface area contributed by atoms with Crippen molar-refractivity contribution in [3.63, 3.8) is 0 Å². The normalized spacial score (nSPS) is 26.5. The fourth-order valence-electron chi connectivity index (χ4n) is 3.46. The number of imidazole rings is 1. The maximum Gasteiger partial charge on any atom is 0.117 e. The summed E-state index contributed by atoms with van der Waals surface area (Å²) in [6.45, 7) is 5.44. The number of rotatable bonds is 3. The number of hydrogen-bond donors (Lipinski definition) is 1. The number of aromatic nitrogens is 2. The van der Waals surface area contributed by atoms with E-state index < -0.39 is 0 Å². The van der Waals surface area contributed by atoms with E-state index in [1.165, 1.54) is 11.9 Å². The Bertz CT molecular complexity index is 634. The third kappa shape index (κ3) is 2.04. The Morgan fingerprint density at radius 3 is 2.95 bits per heavy atom. The standard InChI is InChI=1S/C16H22ClN3/c1-3-9-20-13-7-6-11(17)10-12(13)19-15(20)16(2)8-4-5-14(16)18/h6-7,10,14H,3-5,8-9,18H2,1-2H3. The number of fused-ring (bicyclic) bond motifs is 1. The highest BCUT2D eigenvalue weighted by atomic mass is 35.5. The molecule has 1 heterocycles. The zero-order chi connectivity index (χ0) is 14.3. The second-order valence-electron chi connectivity index (χ2n) is 6.14. The topological polar surface area (TPSA) is 43.8 Å². The minimum atomic E-state index is -0.0132. The van der Waals surface area contributed by atoms with Crippen molar-refractivity contribution in [3.8, 4) is 0 Å². The van der Waals surface area contributed by atoms with Gasteiger partial charge in [-0.05, 0) is 37.5 Å². The Hall–Kier alpha value is -1.06. The number of hydrogen-bond acceptors (Lipinski definition) is 2. The number of benzene rings is 1. The average molecular weight is 292 g/mol. The van der Waals surface area contributed by atoms with Crippen LogP contribution in [0, 0.1) is 0 Å². The van der Waals surface area contributed by atoms with Gasteiger partial charge in [0, 0.05) is 23.0 Å². The zero-order valence-corrected chi connectivity index (χ0v) is 13.0. The molecule has 0 saturated heterocycles. The van der Waals surface area contributed by atoms with Gasteiger partial charge in [0.1, 0.15) is 5.82 Å². The van der Waals surface area contributed by atoms with Crippen LogP contribution in [0.1, 0.15) is 45.4 Å². The molecule has 1 aliphatic rings. The van der Waals surface area contributed by atoms with Crippen LogP contribution in [0.4, 0.5) is 0 Å². The molecular weight excluding hydrogens is 270 g/mol. The Morgan fingerprint density at radius 2 is 2.30 bits per heavy atom. The molecule has 3 nitrogen and oxygen atoms in total. The quantitative estimate of drug-likeness (QED) is 0.933. The van der Waals surface area contributed by atoms with E-state index in [9.17, 15) is 0 Å². The third-order valence-electron chi connectivity index (χ3n) is 4.70. The first-order valence-corrected chi connectivity index (χ1v) is 7.86. The van der Waals surface area contributed by atoms with E-state index >= 15 is 0 Å². The van der Waals surface area contributed by atoms with E-state index in [-0.39, 0.29) is 11.5 Å². The van der Waals surface area contributed by atoms with Crippen LogP contribution in [-0.4, -0.2) is 15.6 Å². The van der Waals surface area contributed by atoms with Crippen molar-refractivity contribution >= 4 is 22.6 Å². The fraction of sp³-hybridized carbons (Fsp3) is 0.562. The average Bonchev–Trinajstić information content (AvgIpc) is 2.93. The van der Waals surface area contributed by atoms with Crippen LogP contribution in [0.15, 0.2) is 18.2 Å². The van der Waals surface area contributed by atoms with Gasteiger partial charge in [-0.1, -0.05) is 31.9 Å². The van der Waals surface area contributed by atoms with E-state index in [2.05, 4.69) is 24.5 Å². The maximum absolute atomic E-state index is 6.38. The molecule has 1 aliphatic carbocycles. The summed E-state index contributed by atoms with van der Waals surface area (Å²) in [5.41, 5.74) is 8.53. The molecular formula is C16H22ClN3. The number of aryl methyl sites for hydroxylation is 1. The van der Waals surface area contributed by atoms with Crippen molar-refractivity contribution in [2.45, 2.75) is 57.5 Å². The molecule has 0 spiro atoms. The Labute approximate surface area is 125 Å². The maximum atomic E-state index is 6.38. The SMILES string of the molecule is CCCn1c(C2(C)CCCC2N)nc2cc(Cl)ccc21. The van der Waals surface area contributed by atoms with Crippen molar-refractivity contribution in [1.29, 1.82) is 0 Å². The molecule has 0 bridgehead atoms. The number of nitrogens with zero attached hydrogens (tertiary/aromatic N) is 2. The summed E-state index contributed by atoms with van der Waals surface area (Å²) >= 11 is 6.11. The van der Waals surface area contributed by atoms with Gasteiger partial charge < -0.3 is 10.3 Å². The van der Waals surface area contributed by atoms with Crippen molar-refractivity contribution in [1.82, 2.24) is 9.55 Å². The van der Waals surface area contributed by atoms with Crippen LogP contribution < -0.4 is 5.73 Å². The highest BCUT2D eigenvalue weighted by Crippen LogP contribution is 2.40. The van der Waals surface area contributed by atoms with Crippen molar-refractivity contribution < 1.29 is 0 Å². The minimum Gasteiger partial charge on any atom is -0.327 e. The number of halogens is 1. The van der Waals surface area contributed by atoms with Gasteiger partial charge in [-0.15, -0.1) is 0 Å². The van der Waals surface area contributed by atoms with E-state index in [1.807, 2.05) is 12.1 Å². The summed E-state index contributed by atoms with van der Waals surface area (Å²) in [4.78, 5) is 4.89. The summed E-state index contributed by atoms with van der Waals surface area (Å²) < 4.78 is 2.34. The largest absolute Gasteiger partial charge is 0.327 e. The van der Waals surface area contributed by atoms with Gasteiger partial charge in [-0.3, -0.25) is 0 Å². The van der Waals surface area contributed by atoms with E-state index in [1.54, 1.807) is 0 Å². The molecule has 2 aromatic rings. The fourth-order valence-corrected chi connectivity index (χ4v) is 3.63. The van der Waals surface area contributed by atoms with E-state index in [0.717, 1.165) is 42.2 Å². The highest BCUT2D eigenvalue weighted by molar-refractivity contribution is 6.31. The third-order valence-corrected chi connectivity index (χ3v) is 4.93. The predicted octanol–water partition coefficient (Wildman–Crippen LogP) is 3.87. The molecule has 1 fully saturated rings. The first kappa shape index (κ1) is 13.9. The predicted molar refractivity (Wildman–Crippen MR) is 84.2 cm³/mol. The van der Waals surface area contributed by atoms with E-state index in [0.29, 0.717) is 0 Å². The van der Waals surface area contributed by atoms with E-state index in [4.69, 9.17) is 22.3 Å². The molecule has 2 atom stereocenters. The number of nitrogens with two attached hydrogens (primary N) is 1. The smallest absolute Gasteiger partial charge is 0.117 e. The summed E-state index contributed by atoms with van der Waals surface area (Å²) in [7, 11) is 0. The summed E-state index contributed by atoms with van der Waals surface area (Å²) in [5.74, 6) is 1.14. The molecule has 0 aliphatic heterocycles. The van der Waals surface area contributed by atoms with Crippen LogP contribution in [0.3, 0.4) is 0 Å². The highest BCUT2D eigenvalue weighted by Gasteiger charge is 2.41. The lowest BCUT2D eigenvalue weighted by Gasteiger charge is -2.29. The van der Waals surface area contributed by atoms with Crippen LogP contribution in [-0.2, 0) is 12.0 Å². The molecule has 4 heteroatoms. The van der Waals surface area contributed by atoms with Gasteiger partial charge in [0.25, 0.3) is 0 Å². The van der Waals surface area contributed by atoms with Crippen molar-refractivity contribution in [2.75, 3.05) is 0 Å². The summed E-state index contributed by atoms with van der Waals surface area (Å²) in [5, 5.41) is 0.742. The lowest BCUT2D eigenvalue weighted by Crippen LogP contribution is -2.40. The van der Waals surface area contributed by atoms with Crippen LogP contribution in [0.5, 0.6) is 0 Å². The Morgan fingerprint density at radius 1 is 1.50 bits per heavy atom. The van der Waals surface area contributed by atoms with Crippen LogP contribution in [0.25, 0.3) is 11.0 Å². The second-order valence-corrected chi connectivity index (χ2v) is 6.57. The zero-order valence-electron chi connectivity index (χ0n) is 12.2. The monoisotopic (exact) mass is 291 g/mol. The van der Waals surface area contributed by atoms with Gasteiger partial charge in [-0.2, -0.15) is 0 Å². The molecule has 1 aromatic carbocycles. The molecule has 2 N–H and O–H groups in total. The molecule has 108 valence electrons. The Balaban J connectivity index is 2.21. The molecule has 2 unspecified atom stereocenters. The molecule has 1 aromatic heterocycles. The summed E-state index contributed by atoms with van der Waals surface area (Å²) in [6.07, 6.45) is 4.49. The molecule has 0 amide bonds. The van der Waals surface area contributed by atoms with Gasteiger partial charge in [0.15, 0.2) is 0 Å². The van der Waals surface area contributed by atoms with Gasteiger partial charge in [0.2, 0.25) is 0 Å². The minimum absolute atomic E-state index is 0.0132. The van der Waals surface area contributed by atoms with Crippen molar-refractivity contribution in [2.24, 2.45) is 5.73 Å². The van der Waals surface area contributed by atoms with Crippen LogP contribution in [0.2, 0.25) is 5.02 Å². The lowest BCUT2D eigenvalue weighted by molar-refractivity contribution is 0.386. The summed E-state index contributed by atoms with van der Waals surface area (Å²) in [6, 6.07) is 6.17. The van der Waals surface area contributed by atoms with Crippen molar-refractivity contribution in [3.05, 3.63) is 29.0 Å². The Kier molecular flexibility index (Phi) is 3.51. The molecule has 1 saturated carbocycles. The van der Waals surface area contributed by atoms with Crippen LogP contribution >= 0.6 is 11.6 Å². The van der Waals surface area contributed by atoms with Gasteiger partial charge >= 0.3 is 0 Å². The molecule has 0 radical (unpaired) electrons. The molecule has 3 rings (SSSR count). The second kappa shape index (κ2) is 5.05.